The number of hydrogen-bond donors (Lipinski definition) is 1. The first-order chi connectivity index (χ1) is 13.5. The first-order valence-corrected chi connectivity index (χ1v) is 8.62. The summed E-state index contributed by atoms with van der Waals surface area (Å²) >= 11 is 0. The third-order valence-electron chi connectivity index (χ3n) is 4.14. The molecule has 0 aliphatic rings. The van der Waals surface area contributed by atoms with Gasteiger partial charge in [0.25, 0.3) is 0 Å². The van der Waals surface area contributed by atoms with Crippen LogP contribution in [0, 0.1) is 13.8 Å². The van der Waals surface area contributed by atoms with E-state index in [4.69, 9.17) is 13.9 Å². The van der Waals surface area contributed by atoms with E-state index in [0.29, 0.717) is 22.9 Å². The molecule has 28 heavy (non-hydrogen) atoms. The van der Waals surface area contributed by atoms with Crippen LogP contribution in [-0.2, 0) is 0 Å². The van der Waals surface area contributed by atoms with Crippen molar-refractivity contribution in [1.82, 2.24) is 10.4 Å². The first-order valence-electron chi connectivity index (χ1n) is 8.62. The molecule has 144 valence electrons. The van der Waals surface area contributed by atoms with Gasteiger partial charge in [0, 0.05) is 0 Å². The van der Waals surface area contributed by atoms with Gasteiger partial charge in [0.05, 0.1) is 31.7 Å². The fraction of sp³-hybridized carbons (Fsp3) is 0.190. The zero-order valence-electron chi connectivity index (χ0n) is 16.1. The smallest absolute Gasteiger partial charge is 0.309 e. The summed E-state index contributed by atoms with van der Waals surface area (Å²) in [5, 5.41) is 3.99. The van der Waals surface area contributed by atoms with Crippen molar-refractivity contribution in [2.24, 2.45) is 5.10 Å². The summed E-state index contributed by atoms with van der Waals surface area (Å²) in [6.45, 7) is 3.64. The number of oxazole rings is 1. The minimum absolute atomic E-state index is 0.101. The molecule has 0 saturated heterocycles. The van der Waals surface area contributed by atoms with E-state index in [1.165, 1.54) is 0 Å². The molecule has 1 amide bonds. The Morgan fingerprint density at radius 2 is 1.86 bits per heavy atom. The Balaban J connectivity index is 1.75. The van der Waals surface area contributed by atoms with E-state index < -0.39 is 5.91 Å². The molecule has 0 aliphatic heterocycles. The van der Waals surface area contributed by atoms with Crippen LogP contribution in [0.2, 0.25) is 0 Å². The summed E-state index contributed by atoms with van der Waals surface area (Å²) in [6.07, 6.45) is 1.55. The van der Waals surface area contributed by atoms with Crippen LogP contribution >= 0.6 is 0 Å². The normalized spacial score (nSPS) is 10.9. The van der Waals surface area contributed by atoms with Gasteiger partial charge < -0.3 is 13.9 Å². The Bertz CT molecular complexity index is 1020. The van der Waals surface area contributed by atoms with Crippen LogP contribution in [-0.4, -0.2) is 31.3 Å². The van der Waals surface area contributed by atoms with Crippen molar-refractivity contribution < 1.29 is 18.7 Å². The molecule has 0 saturated carbocycles. The topological polar surface area (TPSA) is 86.0 Å². The van der Waals surface area contributed by atoms with E-state index in [2.05, 4.69) is 15.5 Å². The Labute approximate surface area is 163 Å². The van der Waals surface area contributed by atoms with E-state index in [1.807, 2.05) is 43.3 Å². The van der Waals surface area contributed by atoms with Gasteiger partial charge in [0.15, 0.2) is 0 Å². The SMILES string of the molecule is COc1ccc(/C=N/NC(=O)c2oc(-c3ccccc3OC)nc2C)cc1C. The minimum Gasteiger partial charge on any atom is -0.496 e. The van der Waals surface area contributed by atoms with Crippen LogP contribution in [0.4, 0.5) is 0 Å². The number of aryl methyl sites for hydroxylation is 2. The highest BCUT2D eigenvalue weighted by atomic mass is 16.5. The quantitative estimate of drug-likeness (QED) is 0.521. The molecule has 0 atom stereocenters. The van der Waals surface area contributed by atoms with Gasteiger partial charge in [-0.3, -0.25) is 4.79 Å². The molecule has 3 aromatic rings. The number of hydrogen-bond acceptors (Lipinski definition) is 6. The Kier molecular flexibility index (Phi) is 5.74. The monoisotopic (exact) mass is 379 g/mol. The van der Waals surface area contributed by atoms with Crippen molar-refractivity contribution in [3.63, 3.8) is 0 Å². The van der Waals surface area contributed by atoms with Crippen LogP contribution in [0.5, 0.6) is 11.5 Å². The van der Waals surface area contributed by atoms with Crippen molar-refractivity contribution in [2.75, 3.05) is 14.2 Å². The predicted octanol–water partition coefficient (Wildman–Crippen LogP) is 3.74. The third kappa shape index (κ3) is 4.03. The predicted molar refractivity (Wildman–Crippen MR) is 106 cm³/mol. The number of methoxy groups -OCH3 is 2. The lowest BCUT2D eigenvalue weighted by Crippen LogP contribution is -2.17. The fourth-order valence-electron chi connectivity index (χ4n) is 2.74. The maximum Gasteiger partial charge on any atom is 0.309 e. The summed E-state index contributed by atoms with van der Waals surface area (Å²) in [7, 11) is 3.19. The number of nitrogens with zero attached hydrogens (tertiary/aromatic N) is 2. The van der Waals surface area contributed by atoms with Gasteiger partial charge in [-0.05, 0) is 55.3 Å². The van der Waals surface area contributed by atoms with Crippen LogP contribution in [0.25, 0.3) is 11.5 Å². The summed E-state index contributed by atoms with van der Waals surface area (Å²) in [5.74, 6) is 1.34. The first kappa shape index (κ1) is 19.2. The zero-order valence-corrected chi connectivity index (χ0v) is 16.1. The molecule has 0 unspecified atom stereocenters. The van der Waals surface area contributed by atoms with Crippen LogP contribution in [0.15, 0.2) is 52.0 Å². The molecule has 7 nitrogen and oxygen atoms in total. The molecule has 0 fully saturated rings. The molecule has 1 N–H and O–H groups in total. The number of hydrazone groups is 1. The molecular weight excluding hydrogens is 358 g/mol. The molecule has 0 spiro atoms. The molecule has 0 radical (unpaired) electrons. The Morgan fingerprint density at radius 1 is 1.11 bits per heavy atom. The number of carbonyl (C=O) groups is 1. The van der Waals surface area contributed by atoms with Crippen molar-refractivity contribution in [1.29, 1.82) is 0 Å². The molecule has 0 bridgehead atoms. The number of amides is 1. The van der Waals surface area contributed by atoms with Crippen molar-refractivity contribution in [3.8, 4) is 23.0 Å². The highest BCUT2D eigenvalue weighted by Gasteiger charge is 2.19. The standard InChI is InChI=1S/C21H21N3O4/c1-13-11-15(9-10-17(13)26-3)12-22-24-20(25)19-14(2)23-21(28-19)16-7-5-6-8-18(16)27-4/h5-12H,1-4H3,(H,24,25)/b22-12+. The van der Waals surface area contributed by atoms with Gasteiger partial charge in [-0.2, -0.15) is 5.10 Å². The number of ether oxygens (including phenoxy) is 2. The lowest BCUT2D eigenvalue weighted by atomic mass is 10.1. The molecule has 2 aromatic carbocycles. The summed E-state index contributed by atoms with van der Waals surface area (Å²) in [4.78, 5) is 16.7. The molecule has 7 heteroatoms. The lowest BCUT2D eigenvalue weighted by molar-refractivity contribution is 0.0927. The van der Waals surface area contributed by atoms with E-state index in [0.717, 1.165) is 16.9 Å². The molecule has 3 rings (SSSR count). The lowest BCUT2D eigenvalue weighted by Gasteiger charge is -2.04. The average Bonchev–Trinajstić information content (AvgIpc) is 3.09. The van der Waals surface area contributed by atoms with Gasteiger partial charge in [-0.1, -0.05) is 12.1 Å². The second-order valence-corrected chi connectivity index (χ2v) is 6.06. The summed E-state index contributed by atoms with van der Waals surface area (Å²) in [6, 6.07) is 12.9. The van der Waals surface area contributed by atoms with Gasteiger partial charge in [0.1, 0.15) is 11.5 Å². The highest BCUT2D eigenvalue weighted by Crippen LogP contribution is 2.30. The number of rotatable bonds is 6. The fourth-order valence-corrected chi connectivity index (χ4v) is 2.74. The molecular formula is C21H21N3O4. The maximum atomic E-state index is 12.4. The molecule has 1 aromatic heterocycles. The van der Waals surface area contributed by atoms with Crippen LogP contribution < -0.4 is 14.9 Å². The van der Waals surface area contributed by atoms with Crippen molar-refractivity contribution in [3.05, 3.63) is 65.0 Å². The van der Waals surface area contributed by atoms with E-state index in [1.54, 1.807) is 33.4 Å². The van der Waals surface area contributed by atoms with Crippen molar-refractivity contribution >= 4 is 12.1 Å². The van der Waals surface area contributed by atoms with E-state index >= 15 is 0 Å². The van der Waals surface area contributed by atoms with E-state index in [-0.39, 0.29) is 5.76 Å². The van der Waals surface area contributed by atoms with Crippen LogP contribution in [0.1, 0.15) is 27.4 Å². The van der Waals surface area contributed by atoms with Gasteiger partial charge in [-0.15, -0.1) is 0 Å². The summed E-state index contributed by atoms with van der Waals surface area (Å²) < 4.78 is 16.2. The van der Waals surface area contributed by atoms with Gasteiger partial charge in [0.2, 0.25) is 11.7 Å². The molecule has 1 heterocycles. The Morgan fingerprint density at radius 3 is 2.57 bits per heavy atom. The molecule has 0 aliphatic carbocycles. The van der Waals surface area contributed by atoms with Crippen LogP contribution in [0.3, 0.4) is 0 Å². The number of aromatic nitrogens is 1. The number of carbonyl (C=O) groups excluding carboxylic acids is 1. The second-order valence-electron chi connectivity index (χ2n) is 6.06. The maximum absolute atomic E-state index is 12.4. The van der Waals surface area contributed by atoms with Crippen molar-refractivity contribution in [2.45, 2.75) is 13.8 Å². The van der Waals surface area contributed by atoms with E-state index in [9.17, 15) is 4.79 Å². The Hall–Kier alpha value is -3.61. The number of para-hydroxylation sites is 1. The number of benzene rings is 2. The largest absolute Gasteiger partial charge is 0.496 e. The summed E-state index contributed by atoms with van der Waals surface area (Å²) in [5.41, 5.74) is 5.41. The van der Waals surface area contributed by atoms with Gasteiger partial charge in [-0.25, -0.2) is 10.4 Å². The van der Waals surface area contributed by atoms with Gasteiger partial charge >= 0.3 is 5.91 Å². The second kappa shape index (κ2) is 8.39. The average molecular weight is 379 g/mol. The third-order valence-corrected chi connectivity index (χ3v) is 4.14. The zero-order chi connectivity index (χ0) is 20.1. The number of nitrogens with one attached hydrogen (secondary N) is 1. The highest BCUT2D eigenvalue weighted by molar-refractivity contribution is 5.93. The minimum atomic E-state index is -0.479.